The molecule has 0 aromatic heterocycles. The lowest BCUT2D eigenvalue weighted by Crippen LogP contribution is -2.52. The van der Waals surface area contributed by atoms with Crippen molar-refractivity contribution in [2.75, 3.05) is 19.5 Å². The van der Waals surface area contributed by atoms with Crippen LogP contribution < -0.4 is 10.5 Å². The highest BCUT2D eigenvalue weighted by atomic mass is 32.2. The van der Waals surface area contributed by atoms with Crippen molar-refractivity contribution in [3.8, 4) is 0 Å². The first-order chi connectivity index (χ1) is 6.71. The summed E-state index contributed by atoms with van der Waals surface area (Å²) in [5.41, 5.74) is 4.52. The summed E-state index contributed by atoms with van der Waals surface area (Å²) in [6, 6.07) is 0. The van der Waals surface area contributed by atoms with Crippen LogP contribution in [0.4, 0.5) is 0 Å². The summed E-state index contributed by atoms with van der Waals surface area (Å²) < 4.78 is 30.3. The molecule has 0 aromatic rings. The van der Waals surface area contributed by atoms with Gasteiger partial charge in [-0.25, -0.2) is 13.1 Å². The number of ether oxygens (including phenoxy) is 1. The molecule has 0 aliphatic rings. The van der Waals surface area contributed by atoms with Crippen LogP contribution in [0.25, 0.3) is 0 Å². The molecule has 0 unspecified atom stereocenters. The van der Waals surface area contributed by atoms with Gasteiger partial charge in [0.15, 0.2) is 0 Å². The van der Waals surface area contributed by atoms with E-state index < -0.39 is 15.6 Å². The Hall–Kier alpha value is -0.240. The maximum Gasteiger partial charge on any atom is 0.212 e. The van der Waals surface area contributed by atoms with E-state index in [1.807, 2.05) is 0 Å². The van der Waals surface area contributed by atoms with E-state index in [0.29, 0.717) is 13.0 Å². The zero-order valence-electron chi connectivity index (χ0n) is 9.24. The highest BCUT2D eigenvalue weighted by Crippen LogP contribution is 2.05. The van der Waals surface area contributed by atoms with Crippen molar-refractivity contribution in [3.05, 3.63) is 0 Å². The third-order valence-electron chi connectivity index (χ3n) is 1.79. The van der Waals surface area contributed by atoms with Crippen LogP contribution in [-0.4, -0.2) is 38.4 Å². The molecule has 0 aromatic carbocycles. The van der Waals surface area contributed by atoms with Gasteiger partial charge in [-0.3, -0.25) is 0 Å². The zero-order chi connectivity index (χ0) is 12.1. The average Bonchev–Trinajstić information content (AvgIpc) is 2.01. The molecule has 0 saturated carbocycles. The summed E-state index contributed by atoms with van der Waals surface area (Å²) in [7, 11) is -1.83. The van der Waals surface area contributed by atoms with Gasteiger partial charge in [-0.2, -0.15) is 0 Å². The van der Waals surface area contributed by atoms with Crippen LogP contribution >= 0.6 is 12.2 Å². The van der Waals surface area contributed by atoms with Crippen LogP contribution in [0.2, 0.25) is 0 Å². The lowest BCUT2D eigenvalue weighted by Gasteiger charge is -2.24. The molecule has 0 heterocycles. The highest BCUT2D eigenvalue weighted by Gasteiger charge is 2.27. The number of nitrogens with one attached hydrogen (secondary N) is 1. The molecule has 7 heteroatoms. The molecule has 0 rings (SSSR count). The van der Waals surface area contributed by atoms with Gasteiger partial charge in [-0.1, -0.05) is 12.2 Å². The smallest absolute Gasteiger partial charge is 0.212 e. The van der Waals surface area contributed by atoms with Gasteiger partial charge in [0.05, 0.1) is 16.3 Å². The third kappa shape index (κ3) is 6.03. The fourth-order valence-electron chi connectivity index (χ4n) is 0.883. The van der Waals surface area contributed by atoms with Crippen LogP contribution in [-0.2, 0) is 14.8 Å². The van der Waals surface area contributed by atoms with E-state index in [1.54, 1.807) is 13.8 Å². The minimum absolute atomic E-state index is 0.00683. The zero-order valence-corrected chi connectivity index (χ0v) is 10.9. The number of thiocarbonyl (C=S) groups is 1. The highest BCUT2D eigenvalue weighted by molar-refractivity contribution is 7.89. The van der Waals surface area contributed by atoms with Gasteiger partial charge in [-0.05, 0) is 20.3 Å². The molecule has 3 N–H and O–H groups in total. The first-order valence-corrected chi connectivity index (χ1v) is 6.58. The van der Waals surface area contributed by atoms with E-state index >= 15 is 0 Å². The molecular weight excluding hydrogens is 236 g/mol. The van der Waals surface area contributed by atoms with Crippen LogP contribution in [0.15, 0.2) is 0 Å². The molecule has 0 amide bonds. The molecule has 0 fully saturated rings. The summed E-state index contributed by atoms with van der Waals surface area (Å²) >= 11 is 4.76. The molecule has 0 saturated heterocycles. The van der Waals surface area contributed by atoms with Crippen molar-refractivity contribution in [2.45, 2.75) is 25.8 Å². The minimum Gasteiger partial charge on any atom is -0.392 e. The lowest BCUT2D eigenvalue weighted by atomic mass is 10.1. The van der Waals surface area contributed by atoms with E-state index in [4.69, 9.17) is 22.7 Å². The predicted octanol–water partition coefficient (Wildman–Crippen LogP) is 0.00700. The minimum atomic E-state index is -3.35. The van der Waals surface area contributed by atoms with Crippen LogP contribution in [0, 0.1) is 0 Å². The first kappa shape index (κ1) is 14.8. The van der Waals surface area contributed by atoms with Gasteiger partial charge >= 0.3 is 0 Å². The van der Waals surface area contributed by atoms with Crippen molar-refractivity contribution in [1.82, 2.24) is 4.72 Å². The monoisotopic (exact) mass is 254 g/mol. The summed E-state index contributed by atoms with van der Waals surface area (Å²) in [5.74, 6) is 0.00683. The molecule has 0 aliphatic heterocycles. The third-order valence-corrected chi connectivity index (χ3v) is 3.95. The number of hydrogen-bond acceptors (Lipinski definition) is 4. The van der Waals surface area contributed by atoms with Gasteiger partial charge in [0.2, 0.25) is 10.0 Å². The topological polar surface area (TPSA) is 81.4 Å². The van der Waals surface area contributed by atoms with Crippen LogP contribution in [0.5, 0.6) is 0 Å². The van der Waals surface area contributed by atoms with E-state index in [1.165, 1.54) is 7.11 Å². The molecule has 0 bridgehead atoms. The van der Waals surface area contributed by atoms with Crippen molar-refractivity contribution < 1.29 is 13.2 Å². The summed E-state index contributed by atoms with van der Waals surface area (Å²) in [6.07, 6.45) is 0.444. The summed E-state index contributed by atoms with van der Waals surface area (Å²) in [4.78, 5) is 0.123. The molecular formula is C8H18N2O3S2. The van der Waals surface area contributed by atoms with Gasteiger partial charge in [-0.15, -0.1) is 0 Å². The molecule has 90 valence electrons. The molecule has 0 spiro atoms. The van der Waals surface area contributed by atoms with Gasteiger partial charge in [0.1, 0.15) is 0 Å². The van der Waals surface area contributed by atoms with Crippen LogP contribution in [0.3, 0.4) is 0 Å². The SMILES string of the molecule is COCCCS(=O)(=O)NC(C)(C)C(N)=S. The van der Waals surface area contributed by atoms with E-state index in [-0.39, 0.29) is 10.7 Å². The van der Waals surface area contributed by atoms with Crippen molar-refractivity contribution in [3.63, 3.8) is 0 Å². The first-order valence-electron chi connectivity index (χ1n) is 4.52. The fraction of sp³-hybridized carbons (Fsp3) is 0.875. The van der Waals surface area contributed by atoms with E-state index in [9.17, 15) is 8.42 Å². The number of methoxy groups -OCH3 is 1. The fourth-order valence-corrected chi connectivity index (χ4v) is 2.49. The second kappa shape index (κ2) is 5.74. The molecule has 15 heavy (non-hydrogen) atoms. The maximum atomic E-state index is 11.5. The number of nitrogens with two attached hydrogens (primary N) is 1. The largest absolute Gasteiger partial charge is 0.392 e. The number of sulfonamides is 1. The van der Waals surface area contributed by atoms with Crippen molar-refractivity contribution in [1.29, 1.82) is 0 Å². The van der Waals surface area contributed by atoms with Crippen molar-refractivity contribution >= 4 is 27.2 Å². The summed E-state index contributed by atoms with van der Waals surface area (Å²) in [6.45, 7) is 3.67. The predicted molar refractivity (Wildman–Crippen MR) is 64.3 cm³/mol. The van der Waals surface area contributed by atoms with E-state index in [2.05, 4.69) is 4.72 Å². The molecule has 5 nitrogen and oxygen atoms in total. The quantitative estimate of drug-likeness (QED) is 0.494. The van der Waals surface area contributed by atoms with Crippen molar-refractivity contribution in [2.24, 2.45) is 5.73 Å². The second-order valence-corrected chi connectivity index (χ2v) is 6.04. The Kier molecular flexibility index (Phi) is 5.65. The van der Waals surface area contributed by atoms with Gasteiger partial charge in [0.25, 0.3) is 0 Å². The Balaban J connectivity index is 4.32. The Bertz CT molecular complexity index is 312. The van der Waals surface area contributed by atoms with Gasteiger partial charge < -0.3 is 10.5 Å². The lowest BCUT2D eigenvalue weighted by molar-refractivity contribution is 0.199. The van der Waals surface area contributed by atoms with Crippen LogP contribution in [0.1, 0.15) is 20.3 Å². The average molecular weight is 254 g/mol. The second-order valence-electron chi connectivity index (χ2n) is 3.76. The van der Waals surface area contributed by atoms with E-state index in [0.717, 1.165) is 0 Å². The standard InChI is InChI=1S/C8H18N2O3S2/c1-8(2,7(9)14)10-15(11,12)6-4-5-13-3/h10H,4-6H2,1-3H3,(H2,9,14). The number of rotatable bonds is 7. The Labute approximate surface area is 96.4 Å². The Morgan fingerprint density at radius 1 is 1.53 bits per heavy atom. The molecule has 0 aliphatic carbocycles. The Morgan fingerprint density at radius 2 is 2.07 bits per heavy atom. The summed E-state index contributed by atoms with van der Waals surface area (Å²) in [5, 5.41) is 0. The number of hydrogen-bond donors (Lipinski definition) is 2. The van der Waals surface area contributed by atoms with Gasteiger partial charge in [0, 0.05) is 13.7 Å². The Morgan fingerprint density at radius 3 is 2.47 bits per heavy atom. The molecule has 0 atom stereocenters. The maximum absolute atomic E-state index is 11.5. The molecule has 0 radical (unpaired) electrons. The normalized spacial score (nSPS) is 12.7.